The van der Waals surface area contributed by atoms with Crippen molar-refractivity contribution in [2.45, 2.75) is 32.7 Å². The van der Waals surface area contributed by atoms with E-state index < -0.39 is 10.0 Å². The van der Waals surface area contributed by atoms with Gasteiger partial charge >= 0.3 is 0 Å². The largest absolute Gasteiger partial charge is 0.369 e. The lowest BCUT2D eigenvalue weighted by Crippen LogP contribution is -2.44. The van der Waals surface area contributed by atoms with Gasteiger partial charge in [0.1, 0.15) is 0 Å². The highest BCUT2D eigenvalue weighted by atomic mass is 32.2. The minimum atomic E-state index is -3.13. The van der Waals surface area contributed by atoms with E-state index >= 15 is 0 Å². The van der Waals surface area contributed by atoms with Gasteiger partial charge in [-0.2, -0.15) is 0 Å². The van der Waals surface area contributed by atoms with E-state index in [1.54, 1.807) is 0 Å². The molecule has 1 unspecified atom stereocenters. The summed E-state index contributed by atoms with van der Waals surface area (Å²) in [5, 5.41) is 6.80. The molecule has 1 saturated heterocycles. The molecule has 1 aromatic carbocycles. The Morgan fingerprint density at radius 1 is 1.30 bits per heavy atom. The Hall–Kier alpha value is -1.80. The van der Waals surface area contributed by atoms with Gasteiger partial charge in [-0.25, -0.2) is 12.7 Å². The number of hydrogen-bond donors (Lipinski definition) is 2. The third-order valence-corrected chi connectivity index (χ3v) is 6.03. The maximum absolute atomic E-state index is 11.6. The molecule has 8 heteroatoms. The molecule has 0 radical (unpaired) electrons. The summed E-state index contributed by atoms with van der Waals surface area (Å²) in [7, 11) is -3.13. The quantitative estimate of drug-likeness (QED) is 0.376. The summed E-state index contributed by atoms with van der Waals surface area (Å²) in [5.41, 5.74) is 1.25. The molecule has 1 atom stereocenters. The van der Waals surface area contributed by atoms with Crippen molar-refractivity contribution in [1.29, 1.82) is 0 Å². The number of guanidine groups is 1. The van der Waals surface area contributed by atoms with Gasteiger partial charge in [0.2, 0.25) is 10.0 Å². The van der Waals surface area contributed by atoms with Crippen molar-refractivity contribution in [3.05, 3.63) is 30.3 Å². The Morgan fingerprint density at radius 3 is 2.67 bits per heavy atom. The number of rotatable bonds is 9. The zero-order valence-corrected chi connectivity index (χ0v) is 17.5. The lowest BCUT2D eigenvalue weighted by Gasteiger charge is -2.20. The second-order valence-corrected chi connectivity index (χ2v) is 8.76. The number of nitrogens with one attached hydrogen (secondary N) is 2. The summed E-state index contributed by atoms with van der Waals surface area (Å²) < 4.78 is 24.7. The molecule has 0 spiro atoms. The van der Waals surface area contributed by atoms with E-state index in [9.17, 15) is 8.42 Å². The fraction of sp³-hybridized carbons (Fsp3) is 0.632. The highest BCUT2D eigenvalue weighted by Gasteiger charge is 2.23. The summed E-state index contributed by atoms with van der Waals surface area (Å²) in [4.78, 5) is 7.00. The average molecular weight is 396 g/mol. The van der Waals surface area contributed by atoms with Crippen molar-refractivity contribution >= 4 is 21.7 Å². The highest BCUT2D eigenvalue weighted by molar-refractivity contribution is 7.88. The molecule has 0 aliphatic carbocycles. The van der Waals surface area contributed by atoms with Gasteiger partial charge in [-0.15, -0.1) is 0 Å². The summed E-state index contributed by atoms with van der Waals surface area (Å²) in [6, 6.07) is 10.8. The molecule has 0 aromatic heterocycles. The van der Waals surface area contributed by atoms with Crippen LogP contribution in [0.2, 0.25) is 0 Å². The number of anilines is 1. The number of hydrogen-bond acceptors (Lipinski definition) is 4. The zero-order valence-electron chi connectivity index (χ0n) is 16.7. The van der Waals surface area contributed by atoms with Gasteiger partial charge in [0.05, 0.1) is 6.26 Å². The Labute approximate surface area is 163 Å². The van der Waals surface area contributed by atoms with Crippen LogP contribution >= 0.6 is 0 Å². The molecular weight excluding hydrogens is 362 g/mol. The van der Waals surface area contributed by atoms with E-state index in [-0.39, 0.29) is 0 Å². The fourth-order valence-corrected chi connectivity index (χ4v) is 4.19. The summed E-state index contributed by atoms with van der Waals surface area (Å²) in [6.07, 6.45) is 3.03. The number of para-hydroxylation sites is 1. The van der Waals surface area contributed by atoms with Crippen LogP contribution in [0.5, 0.6) is 0 Å². The van der Waals surface area contributed by atoms with Crippen LogP contribution in [0.15, 0.2) is 35.3 Å². The van der Waals surface area contributed by atoms with E-state index in [0.29, 0.717) is 32.1 Å². The molecule has 1 fully saturated rings. The Morgan fingerprint density at radius 2 is 2.04 bits per heavy atom. The van der Waals surface area contributed by atoms with Gasteiger partial charge in [0.15, 0.2) is 5.96 Å². The number of nitrogens with zero attached hydrogens (tertiary/aromatic N) is 3. The molecule has 1 aliphatic rings. The molecule has 0 saturated carbocycles. The van der Waals surface area contributed by atoms with Gasteiger partial charge in [-0.05, 0) is 31.9 Å². The molecule has 27 heavy (non-hydrogen) atoms. The Bertz CT molecular complexity index is 693. The minimum absolute atomic E-state index is 0.353. The zero-order chi connectivity index (χ0) is 19.7. The van der Waals surface area contributed by atoms with Crippen molar-refractivity contribution in [2.75, 3.05) is 50.4 Å². The third kappa shape index (κ3) is 7.03. The van der Waals surface area contributed by atoms with E-state index in [1.165, 1.54) is 16.2 Å². The minimum Gasteiger partial charge on any atom is -0.369 e. The van der Waals surface area contributed by atoms with Crippen LogP contribution in [-0.2, 0) is 10.0 Å². The van der Waals surface area contributed by atoms with Crippen LogP contribution in [-0.4, -0.2) is 70.2 Å². The number of benzene rings is 1. The average Bonchev–Trinajstić information content (AvgIpc) is 3.10. The normalized spacial score (nSPS) is 18.1. The fourth-order valence-electron chi connectivity index (χ4n) is 3.26. The molecule has 2 rings (SSSR count). The van der Waals surface area contributed by atoms with Crippen molar-refractivity contribution in [2.24, 2.45) is 4.99 Å². The number of sulfonamides is 1. The third-order valence-electron chi connectivity index (χ3n) is 4.65. The lowest BCUT2D eigenvalue weighted by molar-refractivity contribution is 0.427. The SMILES string of the molecule is CCNC(=NCCCN(CC)S(C)(=O)=O)NC1CCN(c2ccccc2)C1. The second-order valence-electron chi connectivity index (χ2n) is 6.78. The predicted octanol–water partition coefficient (Wildman–Crippen LogP) is 1.49. The van der Waals surface area contributed by atoms with E-state index in [1.807, 2.05) is 19.9 Å². The molecule has 0 bridgehead atoms. The van der Waals surface area contributed by atoms with E-state index in [4.69, 9.17) is 0 Å². The van der Waals surface area contributed by atoms with Gasteiger partial charge < -0.3 is 15.5 Å². The Balaban J connectivity index is 1.83. The molecule has 1 heterocycles. The van der Waals surface area contributed by atoms with Crippen LogP contribution in [0, 0.1) is 0 Å². The smallest absolute Gasteiger partial charge is 0.211 e. The first-order chi connectivity index (χ1) is 12.9. The van der Waals surface area contributed by atoms with Gasteiger partial charge in [0, 0.05) is 51.0 Å². The maximum Gasteiger partial charge on any atom is 0.211 e. The van der Waals surface area contributed by atoms with Gasteiger partial charge in [-0.3, -0.25) is 4.99 Å². The first-order valence-electron chi connectivity index (χ1n) is 9.74. The predicted molar refractivity (Wildman–Crippen MR) is 113 cm³/mol. The molecule has 0 amide bonds. The van der Waals surface area contributed by atoms with Crippen LogP contribution < -0.4 is 15.5 Å². The van der Waals surface area contributed by atoms with Gasteiger partial charge in [0.25, 0.3) is 0 Å². The molecule has 2 N–H and O–H groups in total. The maximum atomic E-state index is 11.6. The van der Waals surface area contributed by atoms with Gasteiger partial charge in [-0.1, -0.05) is 25.1 Å². The van der Waals surface area contributed by atoms with Crippen LogP contribution in [0.25, 0.3) is 0 Å². The second kappa shape index (κ2) is 10.5. The molecular formula is C19H33N5O2S. The monoisotopic (exact) mass is 395 g/mol. The first kappa shape index (κ1) is 21.5. The summed E-state index contributed by atoms with van der Waals surface area (Å²) in [6.45, 7) is 8.27. The standard InChI is InChI=1S/C19H33N5O2S/c1-4-20-19(21-13-9-14-24(5-2)27(3,25)26)22-17-12-15-23(16-17)18-10-7-6-8-11-18/h6-8,10-11,17H,4-5,9,12-16H2,1-3H3,(H2,20,21,22). The van der Waals surface area contributed by atoms with E-state index in [2.05, 4.69) is 44.8 Å². The first-order valence-corrected chi connectivity index (χ1v) is 11.6. The Kier molecular flexibility index (Phi) is 8.37. The molecule has 1 aliphatic heterocycles. The van der Waals surface area contributed by atoms with Crippen LogP contribution in [0.1, 0.15) is 26.7 Å². The van der Waals surface area contributed by atoms with Crippen molar-refractivity contribution in [1.82, 2.24) is 14.9 Å². The van der Waals surface area contributed by atoms with Crippen molar-refractivity contribution < 1.29 is 8.42 Å². The number of aliphatic imine (C=N–C) groups is 1. The summed E-state index contributed by atoms with van der Waals surface area (Å²) >= 11 is 0. The van der Waals surface area contributed by atoms with Crippen molar-refractivity contribution in [3.8, 4) is 0 Å². The lowest BCUT2D eigenvalue weighted by atomic mass is 10.3. The van der Waals surface area contributed by atoms with Crippen LogP contribution in [0.4, 0.5) is 5.69 Å². The molecule has 152 valence electrons. The molecule has 1 aromatic rings. The van der Waals surface area contributed by atoms with Crippen LogP contribution in [0.3, 0.4) is 0 Å². The van der Waals surface area contributed by atoms with E-state index in [0.717, 1.165) is 32.0 Å². The topological polar surface area (TPSA) is 77.0 Å². The molecule has 7 nitrogen and oxygen atoms in total. The highest BCUT2D eigenvalue weighted by Crippen LogP contribution is 2.19. The summed E-state index contributed by atoms with van der Waals surface area (Å²) in [5.74, 6) is 0.805. The van der Waals surface area contributed by atoms with Crippen molar-refractivity contribution in [3.63, 3.8) is 0 Å².